The van der Waals surface area contributed by atoms with E-state index in [2.05, 4.69) is 17.4 Å². The Bertz CT molecular complexity index is 371. The lowest BCUT2D eigenvalue weighted by atomic mass is 10.1. The molecule has 5 heteroatoms. The third-order valence-electron chi connectivity index (χ3n) is 2.65. The van der Waals surface area contributed by atoms with E-state index in [1.54, 1.807) is 7.11 Å². The number of guanidine groups is 1. The predicted octanol–water partition coefficient (Wildman–Crippen LogP) is 1.98. The van der Waals surface area contributed by atoms with Crippen molar-refractivity contribution < 1.29 is 4.52 Å². The molecule has 1 aliphatic heterocycles. The fourth-order valence-corrected chi connectivity index (χ4v) is 3.60. The third kappa shape index (κ3) is 2.18. The van der Waals surface area contributed by atoms with E-state index in [9.17, 15) is 0 Å². The van der Waals surface area contributed by atoms with Crippen LogP contribution in [0.3, 0.4) is 0 Å². The minimum atomic E-state index is -0.733. The lowest BCUT2D eigenvalue weighted by molar-refractivity contribution is 0.431. The average molecular weight is 237 g/mol. The zero-order chi connectivity index (χ0) is 11.5. The highest BCUT2D eigenvalue weighted by atomic mass is 31.2. The maximum atomic E-state index is 7.74. The summed E-state index contributed by atoms with van der Waals surface area (Å²) in [4.78, 5) is 0. The van der Waals surface area contributed by atoms with Gasteiger partial charge in [-0.2, -0.15) is 0 Å². The monoisotopic (exact) mass is 237 g/mol. The average Bonchev–Trinajstić information content (AvgIpc) is 2.56. The molecule has 1 aromatic carbocycles. The van der Waals surface area contributed by atoms with Gasteiger partial charge in [-0.25, -0.2) is 0 Å². The smallest absolute Gasteiger partial charge is 0.196 e. The van der Waals surface area contributed by atoms with Gasteiger partial charge in [0.1, 0.15) is 0 Å². The standard InChI is InChI=1S/C11H16N3OP/c1-14-11(12)13-10(16(14)15-2)8-9-6-4-3-5-7-9/h3-7,10H,8H2,1-2H3,(H2,12,13). The first-order valence-electron chi connectivity index (χ1n) is 5.18. The van der Waals surface area contributed by atoms with Crippen molar-refractivity contribution in [2.45, 2.75) is 12.2 Å². The Morgan fingerprint density at radius 1 is 1.44 bits per heavy atom. The van der Waals surface area contributed by atoms with E-state index >= 15 is 0 Å². The van der Waals surface area contributed by atoms with Crippen LogP contribution in [0.5, 0.6) is 0 Å². The van der Waals surface area contributed by atoms with Crippen LogP contribution in [-0.4, -0.2) is 30.6 Å². The Morgan fingerprint density at radius 2 is 2.12 bits per heavy atom. The van der Waals surface area contributed by atoms with Crippen LogP contribution >= 0.6 is 8.30 Å². The van der Waals surface area contributed by atoms with Crippen molar-refractivity contribution in [1.29, 1.82) is 5.41 Å². The third-order valence-corrected chi connectivity index (χ3v) is 4.66. The van der Waals surface area contributed by atoms with Crippen LogP contribution in [0.2, 0.25) is 0 Å². The van der Waals surface area contributed by atoms with E-state index < -0.39 is 8.30 Å². The summed E-state index contributed by atoms with van der Waals surface area (Å²) in [5, 5.41) is 10.9. The summed E-state index contributed by atoms with van der Waals surface area (Å²) in [5.41, 5.74) is 1.27. The van der Waals surface area contributed by atoms with Crippen molar-refractivity contribution >= 4 is 14.3 Å². The summed E-state index contributed by atoms with van der Waals surface area (Å²) in [6, 6.07) is 10.3. The number of hydrogen-bond acceptors (Lipinski definition) is 2. The molecule has 2 N–H and O–H groups in total. The Balaban J connectivity index is 2.08. The Hall–Kier alpha value is -1.12. The largest absolute Gasteiger partial charge is 0.345 e. The van der Waals surface area contributed by atoms with Crippen LogP contribution in [-0.2, 0) is 10.9 Å². The fourth-order valence-electron chi connectivity index (χ4n) is 1.83. The van der Waals surface area contributed by atoms with Gasteiger partial charge in [-0.3, -0.25) is 5.41 Å². The zero-order valence-corrected chi connectivity index (χ0v) is 10.4. The maximum absolute atomic E-state index is 7.74. The highest BCUT2D eigenvalue weighted by Crippen LogP contribution is 2.48. The molecule has 0 spiro atoms. The molecular weight excluding hydrogens is 221 g/mol. The molecular formula is C11H16N3OP. The Morgan fingerprint density at radius 3 is 2.75 bits per heavy atom. The van der Waals surface area contributed by atoms with Crippen molar-refractivity contribution in [3.8, 4) is 0 Å². The SMILES string of the molecule is COP1C(Cc2ccccc2)NC(=N)N1C. The topological polar surface area (TPSA) is 48.4 Å². The van der Waals surface area contributed by atoms with Gasteiger partial charge >= 0.3 is 0 Å². The summed E-state index contributed by atoms with van der Waals surface area (Å²) < 4.78 is 7.34. The van der Waals surface area contributed by atoms with Crippen LogP contribution in [0.4, 0.5) is 0 Å². The molecule has 0 saturated carbocycles. The number of hydrogen-bond donors (Lipinski definition) is 2. The second-order valence-electron chi connectivity index (χ2n) is 3.71. The summed E-state index contributed by atoms with van der Waals surface area (Å²) in [5.74, 6) is 0.661. The highest BCUT2D eigenvalue weighted by Gasteiger charge is 2.35. The molecule has 86 valence electrons. The van der Waals surface area contributed by atoms with Gasteiger partial charge in [0.15, 0.2) is 14.3 Å². The highest BCUT2D eigenvalue weighted by molar-refractivity contribution is 7.52. The van der Waals surface area contributed by atoms with Gasteiger partial charge in [-0.1, -0.05) is 30.3 Å². The zero-order valence-electron chi connectivity index (χ0n) is 9.47. The molecule has 2 unspecified atom stereocenters. The van der Waals surface area contributed by atoms with Gasteiger partial charge in [-0.05, 0) is 5.56 Å². The van der Waals surface area contributed by atoms with Gasteiger partial charge < -0.3 is 14.5 Å². The van der Waals surface area contributed by atoms with E-state index in [-0.39, 0.29) is 5.78 Å². The molecule has 0 aliphatic carbocycles. The molecule has 1 aromatic rings. The Labute approximate surface area is 97.0 Å². The lowest BCUT2D eigenvalue weighted by Crippen LogP contribution is -2.28. The second-order valence-corrected chi connectivity index (χ2v) is 5.90. The van der Waals surface area contributed by atoms with Crippen molar-refractivity contribution in [2.75, 3.05) is 14.2 Å². The van der Waals surface area contributed by atoms with E-state index in [0.29, 0.717) is 5.96 Å². The molecule has 0 bridgehead atoms. The van der Waals surface area contributed by atoms with E-state index in [1.165, 1.54) is 5.56 Å². The summed E-state index contributed by atoms with van der Waals surface area (Å²) in [6.07, 6.45) is 0.896. The molecule has 2 atom stereocenters. The van der Waals surface area contributed by atoms with Gasteiger partial charge in [-0.15, -0.1) is 0 Å². The molecule has 1 saturated heterocycles. The van der Waals surface area contributed by atoms with Crippen LogP contribution < -0.4 is 5.32 Å². The molecule has 0 aromatic heterocycles. The van der Waals surface area contributed by atoms with E-state index in [4.69, 9.17) is 9.93 Å². The minimum absolute atomic E-state index is 0.208. The van der Waals surface area contributed by atoms with Crippen LogP contribution in [0.25, 0.3) is 0 Å². The molecule has 0 amide bonds. The van der Waals surface area contributed by atoms with Crippen molar-refractivity contribution in [1.82, 2.24) is 9.99 Å². The van der Waals surface area contributed by atoms with Crippen molar-refractivity contribution in [3.63, 3.8) is 0 Å². The van der Waals surface area contributed by atoms with E-state index in [1.807, 2.05) is 29.9 Å². The quantitative estimate of drug-likeness (QED) is 0.790. The van der Waals surface area contributed by atoms with Crippen LogP contribution in [0.15, 0.2) is 30.3 Å². The molecule has 16 heavy (non-hydrogen) atoms. The first-order chi connectivity index (χ1) is 7.72. The second kappa shape index (κ2) is 4.81. The number of nitrogens with zero attached hydrogens (tertiary/aromatic N) is 1. The maximum Gasteiger partial charge on any atom is 0.196 e. The summed E-state index contributed by atoms with van der Waals surface area (Å²) in [6.45, 7) is 0. The first-order valence-corrected chi connectivity index (χ1v) is 6.46. The van der Waals surface area contributed by atoms with Gasteiger partial charge in [0.2, 0.25) is 0 Å². The van der Waals surface area contributed by atoms with Crippen molar-refractivity contribution in [2.24, 2.45) is 0 Å². The normalized spacial score (nSPS) is 24.6. The van der Waals surface area contributed by atoms with Crippen LogP contribution in [0.1, 0.15) is 5.56 Å². The summed E-state index contributed by atoms with van der Waals surface area (Å²) >= 11 is 0. The molecule has 1 heterocycles. The lowest BCUT2D eigenvalue weighted by Gasteiger charge is -2.21. The number of nitrogens with one attached hydrogen (secondary N) is 2. The summed E-state index contributed by atoms with van der Waals surface area (Å²) in [7, 11) is 2.87. The van der Waals surface area contributed by atoms with E-state index in [0.717, 1.165) is 6.42 Å². The first kappa shape index (κ1) is 11.4. The Kier molecular flexibility index (Phi) is 3.42. The van der Waals surface area contributed by atoms with Gasteiger partial charge in [0, 0.05) is 20.6 Å². The van der Waals surface area contributed by atoms with Crippen molar-refractivity contribution in [3.05, 3.63) is 35.9 Å². The molecule has 4 nitrogen and oxygen atoms in total. The number of rotatable bonds is 3. The van der Waals surface area contributed by atoms with Gasteiger partial charge in [0.25, 0.3) is 0 Å². The van der Waals surface area contributed by atoms with Gasteiger partial charge in [0.05, 0.1) is 5.78 Å². The predicted molar refractivity (Wildman–Crippen MR) is 66.5 cm³/mol. The number of benzene rings is 1. The molecule has 1 aliphatic rings. The molecule has 0 radical (unpaired) electrons. The minimum Gasteiger partial charge on any atom is -0.345 e. The van der Waals surface area contributed by atoms with Crippen LogP contribution in [0, 0.1) is 5.41 Å². The molecule has 2 rings (SSSR count). The fraction of sp³-hybridized carbons (Fsp3) is 0.364. The molecule has 1 fully saturated rings.